The first-order chi connectivity index (χ1) is 21.4. The molecule has 1 aliphatic rings. The van der Waals surface area contributed by atoms with E-state index in [1.54, 1.807) is 61.8 Å². The van der Waals surface area contributed by atoms with E-state index in [9.17, 15) is 14.4 Å². The van der Waals surface area contributed by atoms with Crippen molar-refractivity contribution >= 4 is 39.4 Å². The first-order valence-corrected chi connectivity index (χ1v) is 14.2. The predicted molar refractivity (Wildman–Crippen MR) is 166 cm³/mol. The Labute approximate surface area is 252 Å². The lowest BCUT2D eigenvalue weighted by Crippen LogP contribution is -2.34. The zero-order chi connectivity index (χ0) is 30.6. The molecule has 11 heteroatoms. The van der Waals surface area contributed by atoms with E-state index in [-0.39, 0.29) is 29.4 Å². The maximum Gasteiger partial charge on any atom is 0.267 e. The van der Waals surface area contributed by atoms with Crippen molar-refractivity contribution in [3.63, 3.8) is 0 Å². The molecule has 0 bridgehead atoms. The number of ether oxygens (including phenoxy) is 1. The summed E-state index contributed by atoms with van der Waals surface area (Å²) in [4.78, 5) is 53.4. The molecule has 4 heterocycles. The monoisotopic (exact) mass is 587 g/mol. The zero-order valence-electron chi connectivity index (χ0n) is 23.9. The van der Waals surface area contributed by atoms with Crippen LogP contribution in [0.25, 0.3) is 27.5 Å². The van der Waals surface area contributed by atoms with Crippen LogP contribution in [0.4, 0.5) is 5.82 Å². The van der Waals surface area contributed by atoms with E-state index in [1.807, 2.05) is 18.2 Å². The molecular formula is C33H29N7O4. The number of carbonyl (C=O) groups is 2. The van der Waals surface area contributed by atoms with Crippen molar-refractivity contribution in [2.75, 3.05) is 18.9 Å². The highest BCUT2D eigenvalue weighted by Gasteiger charge is 2.24. The number of hydrogen-bond acceptors (Lipinski definition) is 8. The van der Waals surface area contributed by atoms with Gasteiger partial charge in [0.2, 0.25) is 5.91 Å². The Balaban J connectivity index is 1.37. The number of hydrogen-bond donors (Lipinski definition) is 3. The van der Waals surface area contributed by atoms with Gasteiger partial charge in [-0.1, -0.05) is 36.1 Å². The van der Waals surface area contributed by atoms with E-state index in [0.717, 1.165) is 6.42 Å². The number of para-hydroxylation sites is 1. The Morgan fingerprint density at radius 2 is 1.95 bits per heavy atom. The average Bonchev–Trinajstić information content (AvgIpc) is 3.58. The molecule has 2 unspecified atom stereocenters. The lowest BCUT2D eigenvalue weighted by Gasteiger charge is -2.20. The van der Waals surface area contributed by atoms with Crippen LogP contribution in [0, 0.1) is 11.8 Å². The number of nitrogens with two attached hydrogens (primary N) is 1. The number of anilines is 1. The number of fused-ring (bicyclic) bond motifs is 2. The van der Waals surface area contributed by atoms with Crippen molar-refractivity contribution in [3.8, 4) is 17.5 Å². The van der Waals surface area contributed by atoms with Crippen LogP contribution in [0.15, 0.2) is 77.9 Å². The van der Waals surface area contributed by atoms with Crippen molar-refractivity contribution in [2.24, 2.45) is 0 Å². The molecule has 5 aromatic rings. The van der Waals surface area contributed by atoms with Gasteiger partial charge in [0.1, 0.15) is 23.3 Å². The number of pyridine rings is 2. The van der Waals surface area contributed by atoms with E-state index in [0.29, 0.717) is 51.9 Å². The summed E-state index contributed by atoms with van der Waals surface area (Å²) in [6, 6.07) is 17.1. The number of nitrogen functional groups attached to an aromatic ring is 1. The summed E-state index contributed by atoms with van der Waals surface area (Å²) in [5, 5.41) is 6.70. The Bertz CT molecular complexity index is 2010. The van der Waals surface area contributed by atoms with Crippen LogP contribution in [0.5, 0.6) is 0 Å². The number of benzene rings is 2. The van der Waals surface area contributed by atoms with E-state index < -0.39 is 18.1 Å². The van der Waals surface area contributed by atoms with Crippen molar-refractivity contribution in [1.82, 2.24) is 30.2 Å². The maximum atomic E-state index is 14.2. The summed E-state index contributed by atoms with van der Waals surface area (Å²) in [5.74, 6) is 5.64. The molecule has 0 aliphatic carbocycles. The largest absolute Gasteiger partial charge is 0.383 e. The number of nitrogens with one attached hydrogen (secondary N) is 2. The summed E-state index contributed by atoms with van der Waals surface area (Å²) in [6.45, 7) is 2.43. The van der Waals surface area contributed by atoms with E-state index >= 15 is 0 Å². The van der Waals surface area contributed by atoms with Gasteiger partial charge >= 0.3 is 0 Å². The zero-order valence-corrected chi connectivity index (χ0v) is 23.9. The van der Waals surface area contributed by atoms with Gasteiger partial charge in [-0.2, -0.15) is 0 Å². The molecule has 2 aromatic carbocycles. The first-order valence-electron chi connectivity index (χ1n) is 14.2. The minimum atomic E-state index is -0.721. The van der Waals surface area contributed by atoms with Crippen LogP contribution in [-0.4, -0.2) is 50.6 Å². The fraction of sp³-hybridized carbons (Fsp3) is 0.212. The molecule has 1 aliphatic heterocycles. The first kappa shape index (κ1) is 28.5. The van der Waals surface area contributed by atoms with Crippen molar-refractivity contribution in [1.29, 1.82) is 0 Å². The third-order valence-corrected chi connectivity index (χ3v) is 7.37. The van der Waals surface area contributed by atoms with Gasteiger partial charge in [0.15, 0.2) is 0 Å². The third-order valence-electron chi connectivity index (χ3n) is 7.37. The summed E-state index contributed by atoms with van der Waals surface area (Å²) in [5.41, 5.74) is 7.79. The lowest BCUT2D eigenvalue weighted by molar-refractivity contribution is -0.129. The van der Waals surface area contributed by atoms with Crippen molar-refractivity contribution in [3.05, 3.63) is 100 Å². The number of amides is 2. The van der Waals surface area contributed by atoms with Gasteiger partial charge in [0.05, 0.1) is 34.7 Å². The standard InChI is InChI=1S/C33H29N7O4/c1-20(38-32(42)27-28-22(11-7-16-35-28)19-37-29(27)34)30-39-24-14-5-9-21(10-6-17-36-31(41)25-15-8-18-44-25)26(24)33(43)40(30)23-12-3-2-4-13-23/h2-5,7,9,11-14,16,19-20,25H,8,15,17-18H2,1H3,(H2,34,37)(H,36,41)(H,38,42). The van der Waals surface area contributed by atoms with Crippen LogP contribution in [0.3, 0.4) is 0 Å². The molecule has 2 amide bonds. The Hall–Kier alpha value is -5.60. The minimum Gasteiger partial charge on any atom is -0.383 e. The Kier molecular flexibility index (Phi) is 7.99. The minimum absolute atomic E-state index is 0.0444. The van der Waals surface area contributed by atoms with Crippen LogP contribution < -0.4 is 21.9 Å². The fourth-order valence-electron chi connectivity index (χ4n) is 5.25. The SMILES string of the molecule is CC(NC(=O)c1c(N)ncc2cccnc12)c1nc2cccc(C#CCNC(=O)C3CCCO3)c2c(=O)n1-c1ccccc1. The summed E-state index contributed by atoms with van der Waals surface area (Å²) < 4.78 is 6.88. The fourth-order valence-corrected chi connectivity index (χ4v) is 5.25. The normalized spacial score (nSPS) is 15.0. The molecule has 44 heavy (non-hydrogen) atoms. The van der Waals surface area contributed by atoms with Gasteiger partial charge in [-0.15, -0.1) is 0 Å². The molecule has 220 valence electrons. The molecular weight excluding hydrogens is 558 g/mol. The van der Waals surface area contributed by atoms with E-state index in [2.05, 4.69) is 32.4 Å². The molecule has 11 nitrogen and oxygen atoms in total. The van der Waals surface area contributed by atoms with Gasteiger partial charge in [-0.3, -0.25) is 23.9 Å². The quantitative estimate of drug-likeness (QED) is 0.256. The van der Waals surface area contributed by atoms with Crippen molar-refractivity contribution in [2.45, 2.75) is 31.9 Å². The van der Waals surface area contributed by atoms with E-state index in [4.69, 9.17) is 15.5 Å². The molecule has 0 radical (unpaired) electrons. The number of carbonyl (C=O) groups excluding carboxylic acids is 2. The molecule has 2 atom stereocenters. The third kappa shape index (κ3) is 5.58. The second kappa shape index (κ2) is 12.3. The van der Waals surface area contributed by atoms with Gasteiger partial charge in [0, 0.05) is 30.0 Å². The van der Waals surface area contributed by atoms with Crippen LogP contribution in [0.1, 0.15) is 47.6 Å². The van der Waals surface area contributed by atoms with Crippen LogP contribution in [0.2, 0.25) is 0 Å². The van der Waals surface area contributed by atoms with Gasteiger partial charge < -0.3 is 21.1 Å². The Morgan fingerprint density at radius 1 is 1.11 bits per heavy atom. The van der Waals surface area contributed by atoms with Gasteiger partial charge in [0.25, 0.3) is 11.5 Å². The summed E-state index contributed by atoms with van der Waals surface area (Å²) >= 11 is 0. The van der Waals surface area contributed by atoms with Crippen LogP contribution >= 0.6 is 0 Å². The topological polar surface area (TPSA) is 154 Å². The summed E-state index contributed by atoms with van der Waals surface area (Å²) in [6.07, 6.45) is 4.25. The predicted octanol–water partition coefficient (Wildman–Crippen LogP) is 3.05. The molecule has 4 N–H and O–H groups in total. The van der Waals surface area contributed by atoms with Crippen molar-refractivity contribution < 1.29 is 14.3 Å². The molecule has 3 aromatic heterocycles. The van der Waals surface area contributed by atoms with Gasteiger partial charge in [-0.25, -0.2) is 9.97 Å². The highest BCUT2D eigenvalue weighted by molar-refractivity contribution is 6.09. The lowest BCUT2D eigenvalue weighted by atomic mass is 10.1. The van der Waals surface area contributed by atoms with Crippen LogP contribution in [-0.2, 0) is 9.53 Å². The molecule has 6 rings (SSSR count). The van der Waals surface area contributed by atoms with E-state index in [1.165, 1.54) is 4.57 Å². The highest BCUT2D eigenvalue weighted by atomic mass is 16.5. The average molecular weight is 588 g/mol. The highest BCUT2D eigenvalue weighted by Crippen LogP contribution is 2.23. The summed E-state index contributed by atoms with van der Waals surface area (Å²) in [7, 11) is 0. The number of aromatic nitrogens is 4. The molecule has 0 spiro atoms. The molecule has 1 saturated heterocycles. The number of rotatable bonds is 6. The smallest absolute Gasteiger partial charge is 0.267 e. The van der Waals surface area contributed by atoms with Gasteiger partial charge in [-0.05, 0) is 56.2 Å². The molecule has 1 fully saturated rings. The number of nitrogens with zero attached hydrogens (tertiary/aromatic N) is 4. The Morgan fingerprint density at radius 3 is 2.75 bits per heavy atom. The second-order valence-electron chi connectivity index (χ2n) is 10.3. The molecule has 0 saturated carbocycles. The maximum absolute atomic E-state index is 14.2. The second-order valence-corrected chi connectivity index (χ2v) is 10.3.